The number of pyridine rings is 2. The third kappa shape index (κ3) is 5.43. The minimum atomic E-state index is -0.387. The van der Waals surface area contributed by atoms with Gasteiger partial charge in [0.15, 0.2) is 6.23 Å². The summed E-state index contributed by atoms with van der Waals surface area (Å²) in [6.45, 7) is 5.81. The van der Waals surface area contributed by atoms with E-state index in [2.05, 4.69) is 9.97 Å². The molecule has 2 aliphatic heterocycles. The molecule has 39 heavy (non-hydrogen) atoms. The van der Waals surface area contributed by atoms with E-state index in [9.17, 15) is 0 Å². The molecule has 0 radical (unpaired) electrons. The summed E-state index contributed by atoms with van der Waals surface area (Å²) in [5.41, 5.74) is 4.07. The van der Waals surface area contributed by atoms with Gasteiger partial charge in [-0.25, -0.2) is 9.67 Å². The highest BCUT2D eigenvalue weighted by atomic mass is 35.5. The molecule has 0 spiro atoms. The summed E-state index contributed by atoms with van der Waals surface area (Å²) in [5, 5.41) is 6.94. The molecule has 2 aliphatic rings. The van der Waals surface area contributed by atoms with Crippen LogP contribution in [0, 0.1) is 6.92 Å². The van der Waals surface area contributed by atoms with Crippen LogP contribution in [0.3, 0.4) is 0 Å². The van der Waals surface area contributed by atoms with Crippen LogP contribution in [0.15, 0.2) is 42.7 Å². The standard InChI is InChI=1S/C29H30Cl2N4O4/c1-17-28(31)27(23(30)15-32-17)18(2)38-20-7-8-24-22(13-20)29(34-35(24)26-5-3-4-11-37-26)19-6-9-25(33-14-19)39-21-10-12-36-16-21/h6-9,13-15,18,21,26H,3-5,10-12,16H2,1-2H3/t18-,21-,26?/m1/s1. The van der Waals surface area contributed by atoms with Crippen LogP contribution in [-0.4, -0.2) is 45.7 Å². The molecule has 0 amide bonds. The van der Waals surface area contributed by atoms with Crippen molar-refractivity contribution < 1.29 is 18.9 Å². The highest BCUT2D eigenvalue weighted by Gasteiger charge is 2.24. The van der Waals surface area contributed by atoms with Gasteiger partial charge >= 0.3 is 0 Å². The predicted octanol–water partition coefficient (Wildman–Crippen LogP) is 7.12. The molecule has 2 saturated heterocycles. The van der Waals surface area contributed by atoms with Crippen LogP contribution in [0.1, 0.15) is 56.2 Å². The Morgan fingerprint density at radius 2 is 1.95 bits per heavy atom. The maximum Gasteiger partial charge on any atom is 0.213 e. The summed E-state index contributed by atoms with van der Waals surface area (Å²) in [4.78, 5) is 8.79. The fraction of sp³-hybridized carbons (Fsp3) is 0.414. The van der Waals surface area contributed by atoms with Crippen molar-refractivity contribution in [3.63, 3.8) is 0 Å². The average molecular weight is 569 g/mol. The van der Waals surface area contributed by atoms with E-state index in [1.165, 1.54) is 0 Å². The third-order valence-corrected chi connectivity index (χ3v) is 7.97. The Hall–Kier alpha value is -2.91. The van der Waals surface area contributed by atoms with Gasteiger partial charge in [0.05, 0.1) is 34.5 Å². The zero-order chi connectivity index (χ0) is 26.9. The zero-order valence-electron chi connectivity index (χ0n) is 21.9. The monoisotopic (exact) mass is 568 g/mol. The third-order valence-electron chi connectivity index (χ3n) is 7.19. The molecule has 4 aromatic rings. The van der Waals surface area contributed by atoms with Crippen LogP contribution in [0.25, 0.3) is 22.2 Å². The molecule has 10 heteroatoms. The van der Waals surface area contributed by atoms with Gasteiger partial charge in [-0.05, 0) is 57.4 Å². The Morgan fingerprint density at radius 1 is 1.05 bits per heavy atom. The van der Waals surface area contributed by atoms with Gasteiger partial charge in [-0.1, -0.05) is 23.2 Å². The van der Waals surface area contributed by atoms with Gasteiger partial charge in [0.25, 0.3) is 0 Å². The molecule has 0 saturated carbocycles. The van der Waals surface area contributed by atoms with Gasteiger partial charge in [-0.15, -0.1) is 0 Å². The number of aryl methyl sites for hydroxylation is 1. The topological polar surface area (TPSA) is 80.5 Å². The minimum absolute atomic E-state index is 0.0414. The Balaban J connectivity index is 1.35. The Morgan fingerprint density at radius 3 is 2.69 bits per heavy atom. The number of aromatic nitrogens is 4. The summed E-state index contributed by atoms with van der Waals surface area (Å²) in [5.74, 6) is 1.25. The molecule has 0 aliphatic carbocycles. The maximum absolute atomic E-state index is 6.54. The zero-order valence-corrected chi connectivity index (χ0v) is 23.4. The van der Waals surface area contributed by atoms with E-state index >= 15 is 0 Å². The smallest absolute Gasteiger partial charge is 0.213 e. The molecule has 3 atom stereocenters. The fourth-order valence-electron chi connectivity index (χ4n) is 5.12. The Kier molecular flexibility index (Phi) is 7.62. The van der Waals surface area contributed by atoms with Crippen molar-refractivity contribution in [3.8, 4) is 22.9 Å². The van der Waals surface area contributed by atoms with Crippen molar-refractivity contribution in [1.29, 1.82) is 0 Å². The number of fused-ring (bicyclic) bond motifs is 1. The number of hydrogen-bond acceptors (Lipinski definition) is 7. The molecule has 1 aromatic carbocycles. The first-order valence-electron chi connectivity index (χ1n) is 13.3. The number of hydrogen-bond donors (Lipinski definition) is 0. The second-order valence-electron chi connectivity index (χ2n) is 9.96. The molecule has 0 N–H and O–H groups in total. The molecule has 204 valence electrons. The molecule has 2 fully saturated rings. The first kappa shape index (κ1) is 26.3. The molecule has 8 nitrogen and oxygen atoms in total. The van der Waals surface area contributed by atoms with E-state index in [0.29, 0.717) is 39.5 Å². The molecule has 5 heterocycles. The van der Waals surface area contributed by atoms with Gasteiger partial charge in [0.1, 0.15) is 23.7 Å². The van der Waals surface area contributed by atoms with Crippen molar-refractivity contribution in [2.45, 2.75) is 58.0 Å². The van der Waals surface area contributed by atoms with Crippen molar-refractivity contribution >= 4 is 34.1 Å². The van der Waals surface area contributed by atoms with Crippen LogP contribution in [0.2, 0.25) is 10.0 Å². The molecule has 3 aromatic heterocycles. The lowest BCUT2D eigenvalue weighted by atomic mass is 10.1. The average Bonchev–Trinajstić information content (AvgIpc) is 3.60. The fourth-order valence-corrected chi connectivity index (χ4v) is 5.77. The first-order valence-corrected chi connectivity index (χ1v) is 14.1. The van der Waals surface area contributed by atoms with Crippen molar-refractivity contribution in [2.75, 3.05) is 19.8 Å². The van der Waals surface area contributed by atoms with E-state index in [0.717, 1.165) is 61.1 Å². The van der Waals surface area contributed by atoms with Gasteiger partial charge in [0, 0.05) is 48.0 Å². The molecule has 6 rings (SSSR count). The molecular weight excluding hydrogens is 539 g/mol. The van der Waals surface area contributed by atoms with Crippen molar-refractivity contribution in [3.05, 3.63) is 64.0 Å². The van der Waals surface area contributed by atoms with Gasteiger partial charge in [-0.3, -0.25) is 4.98 Å². The summed E-state index contributed by atoms with van der Waals surface area (Å²) < 4.78 is 25.8. The second kappa shape index (κ2) is 11.3. The van der Waals surface area contributed by atoms with Crippen molar-refractivity contribution in [2.24, 2.45) is 0 Å². The SMILES string of the molecule is Cc1ncc(Cl)c([C@@H](C)Oc2ccc3c(c2)c(-c2ccc(O[C@@H]4CCOC4)nc2)nn3C2CCCCO2)c1Cl. The van der Waals surface area contributed by atoms with Crippen LogP contribution in [0.5, 0.6) is 11.6 Å². The van der Waals surface area contributed by atoms with E-state index < -0.39 is 0 Å². The van der Waals surface area contributed by atoms with Crippen LogP contribution < -0.4 is 9.47 Å². The summed E-state index contributed by atoms with van der Waals surface area (Å²) in [7, 11) is 0. The predicted molar refractivity (Wildman–Crippen MR) is 150 cm³/mol. The maximum atomic E-state index is 6.54. The number of nitrogens with zero attached hydrogens (tertiary/aromatic N) is 4. The highest BCUT2D eigenvalue weighted by molar-refractivity contribution is 6.36. The number of halogens is 2. The van der Waals surface area contributed by atoms with Crippen molar-refractivity contribution in [1.82, 2.24) is 19.7 Å². The normalized spacial score (nSPS) is 20.3. The number of benzene rings is 1. The second-order valence-corrected chi connectivity index (χ2v) is 10.7. The van der Waals surface area contributed by atoms with Crippen LogP contribution >= 0.6 is 23.2 Å². The Labute approximate surface area is 237 Å². The number of rotatable bonds is 7. The quantitative estimate of drug-likeness (QED) is 0.235. The van der Waals surface area contributed by atoms with Crippen LogP contribution in [0.4, 0.5) is 0 Å². The summed E-state index contributed by atoms with van der Waals surface area (Å²) in [6, 6.07) is 9.84. The van der Waals surface area contributed by atoms with E-state index in [-0.39, 0.29) is 18.4 Å². The van der Waals surface area contributed by atoms with E-state index in [1.54, 1.807) is 12.4 Å². The lowest BCUT2D eigenvalue weighted by molar-refractivity contribution is -0.0365. The molecule has 1 unspecified atom stereocenters. The highest BCUT2D eigenvalue weighted by Crippen LogP contribution is 2.38. The minimum Gasteiger partial charge on any atom is -0.486 e. The molecular formula is C29H30Cl2N4O4. The van der Waals surface area contributed by atoms with E-state index in [1.807, 2.05) is 48.9 Å². The van der Waals surface area contributed by atoms with Gasteiger partial charge < -0.3 is 18.9 Å². The van der Waals surface area contributed by atoms with Gasteiger partial charge in [0.2, 0.25) is 5.88 Å². The summed E-state index contributed by atoms with van der Waals surface area (Å²) in [6.07, 6.45) is 6.90. The summed E-state index contributed by atoms with van der Waals surface area (Å²) >= 11 is 13.0. The molecule has 0 bridgehead atoms. The first-order chi connectivity index (χ1) is 19.0. The van der Waals surface area contributed by atoms with E-state index in [4.69, 9.17) is 47.2 Å². The number of ether oxygens (including phenoxy) is 4. The Bertz CT molecular complexity index is 1460. The lowest BCUT2D eigenvalue weighted by Gasteiger charge is -2.23. The lowest BCUT2D eigenvalue weighted by Crippen LogP contribution is -2.19. The largest absolute Gasteiger partial charge is 0.486 e. The van der Waals surface area contributed by atoms with Gasteiger partial charge in [-0.2, -0.15) is 5.10 Å². The van der Waals surface area contributed by atoms with Crippen LogP contribution in [-0.2, 0) is 9.47 Å².